The molecule has 1 aromatic heterocycles. The van der Waals surface area contributed by atoms with E-state index in [0.29, 0.717) is 6.61 Å². The summed E-state index contributed by atoms with van der Waals surface area (Å²) in [4.78, 5) is 21.6. The molecule has 40 heavy (non-hydrogen) atoms. The van der Waals surface area contributed by atoms with Crippen LogP contribution in [0.15, 0.2) is 12.2 Å². The summed E-state index contributed by atoms with van der Waals surface area (Å²) in [6.07, 6.45) is 23.0. The Morgan fingerprint density at radius 3 is 1.88 bits per heavy atom. The predicted molar refractivity (Wildman–Crippen MR) is 163 cm³/mol. The van der Waals surface area contributed by atoms with Gasteiger partial charge in [-0.25, -0.2) is 0 Å². The number of halogens is 1. The Bertz CT molecular complexity index is 824. The maximum Gasteiger partial charge on any atom is 0.309 e. The van der Waals surface area contributed by atoms with Gasteiger partial charge in [0.1, 0.15) is 19.3 Å². The van der Waals surface area contributed by atoms with Gasteiger partial charge in [-0.15, -0.1) is 0 Å². The van der Waals surface area contributed by atoms with Gasteiger partial charge in [0.05, 0.1) is 50.3 Å². The van der Waals surface area contributed by atoms with Gasteiger partial charge in [-0.2, -0.15) is 0 Å². The molecule has 1 aromatic rings. The Balaban J connectivity index is 0.0000152. The first-order valence-corrected chi connectivity index (χ1v) is 15.7. The third kappa shape index (κ3) is 20.4. The second-order valence-electron chi connectivity index (χ2n) is 12.2. The van der Waals surface area contributed by atoms with Crippen LogP contribution in [0.5, 0.6) is 0 Å². The van der Waals surface area contributed by atoms with Gasteiger partial charge in [0, 0.05) is 6.61 Å². The van der Waals surface area contributed by atoms with Crippen LogP contribution in [0.3, 0.4) is 0 Å². The van der Waals surface area contributed by atoms with E-state index in [9.17, 15) is 4.79 Å². The molecule has 0 aliphatic carbocycles. The highest BCUT2D eigenvalue weighted by atomic mass is 35.5. The molecule has 0 saturated heterocycles. The molecule has 232 valence electrons. The minimum Gasteiger partial charge on any atom is -1.00 e. The summed E-state index contributed by atoms with van der Waals surface area (Å²) in [6, 6.07) is 0. The SMILES string of the molecule is CCCCCCCC/C=C/CCCCCCCCOC(CC(=O)OCc1nc(C)c(C)nc1C)C[N+](C)(C)C.[Cl-]. The van der Waals surface area contributed by atoms with E-state index in [4.69, 9.17) is 9.47 Å². The lowest BCUT2D eigenvalue weighted by Gasteiger charge is -2.29. The van der Waals surface area contributed by atoms with E-state index in [1.807, 2.05) is 20.8 Å². The first-order valence-electron chi connectivity index (χ1n) is 15.7. The summed E-state index contributed by atoms with van der Waals surface area (Å²) in [5.74, 6) is -0.242. The zero-order chi connectivity index (χ0) is 28.9. The number of carbonyl (C=O) groups excluding carboxylic acids is 1. The fourth-order valence-electron chi connectivity index (χ4n) is 4.68. The van der Waals surface area contributed by atoms with Crippen molar-refractivity contribution in [2.75, 3.05) is 34.3 Å². The minimum atomic E-state index is -0.242. The molecule has 1 atom stereocenters. The van der Waals surface area contributed by atoms with E-state index in [-0.39, 0.29) is 37.5 Å². The van der Waals surface area contributed by atoms with E-state index in [2.05, 4.69) is 50.2 Å². The van der Waals surface area contributed by atoms with E-state index in [1.54, 1.807) is 0 Å². The van der Waals surface area contributed by atoms with Crippen LogP contribution in [-0.2, 0) is 20.9 Å². The molecule has 0 radical (unpaired) electrons. The van der Waals surface area contributed by atoms with Gasteiger partial charge in [0.2, 0.25) is 0 Å². The molecule has 6 nitrogen and oxygen atoms in total. The molecular weight excluding hydrogens is 522 g/mol. The molecular formula is C33H60ClN3O3. The van der Waals surface area contributed by atoms with Crippen LogP contribution in [0.25, 0.3) is 0 Å². The number of nitrogens with zero attached hydrogens (tertiary/aromatic N) is 3. The summed E-state index contributed by atoms with van der Waals surface area (Å²) < 4.78 is 12.5. The molecule has 1 rings (SSSR count). The molecule has 0 aliphatic heterocycles. The van der Waals surface area contributed by atoms with Crippen molar-refractivity contribution in [3.05, 3.63) is 34.9 Å². The first kappa shape index (κ1) is 38.5. The number of carbonyl (C=O) groups is 1. The lowest BCUT2D eigenvalue weighted by molar-refractivity contribution is -0.873. The molecule has 0 aliphatic rings. The number of unbranched alkanes of at least 4 members (excludes halogenated alkanes) is 12. The number of allylic oxidation sites excluding steroid dienone is 2. The summed E-state index contributed by atoms with van der Waals surface area (Å²) in [5.41, 5.74) is 3.31. The lowest BCUT2D eigenvalue weighted by Crippen LogP contribution is -3.00. The molecule has 0 bridgehead atoms. The number of aromatic nitrogens is 2. The third-order valence-electron chi connectivity index (χ3n) is 7.10. The Kier molecular flexibility index (Phi) is 22.2. The van der Waals surface area contributed by atoms with Gasteiger partial charge in [0.15, 0.2) is 0 Å². The highest BCUT2D eigenvalue weighted by Gasteiger charge is 2.23. The number of likely N-dealkylation sites (N-methyl/N-ethyl adjacent to an activating group) is 1. The number of quaternary nitrogens is 1. The maximum atomic E-state index is 12.6. The van der Waals surface area contributed by atoms with Gasteiger partial charge >= 0.3 is 5.97 Å². The fraction of sp³-hybridized carbons (Fsp3) is 0.788. The van der Waals surface area contributed by atoms with Crippen molar-refractivity contribution < 1.29 is 31.2 Å². The van der Waals surface area contributed by atoms with Crippen molar-refractivity contribution in [3.8, 4) is 0 Å². The largest absolute Gasteiger partial charge is 1.00 e. The predicted octanol–water partition coefficient (Wildman–Crippen LogP) is 4.97. The van der Waals surface area contributed by atoms with Crippen LogP contribution in [0.4, 0.5) is 0 Å². The lowest BCUT2D eigenvalue weighted by atomic mass is 10.1. The second kappa shape index (κ2) is 23.1. The van der Waals surface area contributed by atoms with Crippen LogP contribution < -0.4 is 12.4 Å². The summed E-state index contributed by atoms with van der Waals surface area (Å²) in [5, 5.41) is 0. The van der Waals surface area contributed by atoms with Crippen LogP contribution in [0.2, 0.25) is 0 Å². The minimum absolute atomic E-state index is 0. The van der Waals surface area contributed by atoms with Gasteiger partial charge in [0.25, 0.3) is 0 Å². The van der Waals surface area contributed by atoms with E-state index in [1.165, 1.54) is 83.5 Å². The number of hydrogen-bond donors (Lipinski definition) is 0. The molecule has 7 heteroatoms. The molecule has 0 N–H and O–H groups in total. The van der Waals surface area contributed by atoms with Gasteiger partial charge in [-0.1, -0.05) is 76.9 Å². The van der Waals surface area contributed by atoms with Crippen molar-refractivity contribution >= 4 is 5.97 Å². The van der Waals surface area contributed by atoms with Crippen LogP contribution in [-0.4, -0.2) is 60.8 Å². The van der Waals surface area contributed by atoms with Crippen molar-refractivity contribution in [2.45, 2.75) is 137 Å². The molecule has 0 saturated carbocycles. The Hall–Kier alpha value is -1.50. The monoisotopic (exact) mass is 581 g/mol. The first-order chi connectivity index (χ1) is 18.6. The van der Waals surface area contributed by atoms with E-state index in [0.717, 1.165) is 40.2 Å². The van der Waals surface area contributed by atoms with Crippen LogP contribution in [0.1, 0.15) is 126 Å². The average molecular weight is 582 g/mol. The fourth-order valence-corrected chi connectivity index (χ4v) is 4.68. The molecule has 0 fully saturated rings. The molecule has 0 amide bonds. The number of aryl methyl sites for hydroxylation is 3. The zero-order valence-corrected chi connectivity index (χ0v) is 27.7. The third-order valence-corrected chi connectivity index (χ3v) is 7.10. The Labute approximate surface area is 252 Å². The standard InChI is InChI=1S/C33H60N3O3.ClH/c1-8-9-10-11-12-13-14-15-16-17-18-19-20-21-22-23-24-38-31(26-36(5,6)7)25-33(37)39-27-32-30(4)34-28(2)29(3)35-32;/h15-16,31H,8-14,17-27H2,1-7H3;1H/q+1;/p-1/b16-15+;. The summed E-state index contributed by atoms with van der Waals surface area (Å²) >= 11 is 0. The second-order valence-corrected chi connectivity index (χ2v) is 12.2. The van der Waals surface area contributed by atoms with Crippen LogP contribution in [0, 0.1) is 20.8 Å². The number of rotatable bonds is 23. The van der Waals surface area contributed by atoms with Gasteiger partial charge < -0.3 is 26.4 Å². The number of ether oxygens (including phenoxy) is 2. The van der Waals surface area contributed by atoms with Gasteiger partial charge in [-0.3, -0.25) is 14.8 Å². The number of hydrogen-bond acceptors (Lipinski definition) is 5. The quantitative estimate of drug-likeness (QED) is 0.0790. The molecule has 1 heterocycles. The topological polar surface area (TPSA) is 61.3 Å². The van der Waals surface area contributed by atoms with Crippen molar-refractivity contribution in [1.82, 2.24) is 9.97 Å². The normalized spacial score (nSPS) is 12.5. The van der Waals surface area contributed by atoms with E-state index < -0.39 is 0 Å². The average Bonchev–Trinajstić information content (AvgIpc) is 2.86. The highest BCUT2D eigenvalue weighted by Crippen LogP contribution is 2.13. The summed E-state index contributed by atoms with van der Waals surface area (Å²) in [7, 11) is 6.37. The maximum absolute atomic E-state index is 12.6. The number of esters is 1. The Morgan fingerprint density at radius 1 is 0.775 bits per heavy atom. The van der Waals surface area contributed by atoms with Crippen molar-refractivity contribution in [1.29, 1.82) is 0 Å². The summed E-state index contributed by atoms with van der Waals surface area (Å²) in [6.45, 7) is 9.66. The molecule has 0 aromatic carbocycles. The molecule has 0 spiro atoms. The smallest absolute Gasteiger partial charge is 0.309 e. The molecule has 1 unspecified atom stereocenters. The Morgan fingerprint density at radius 2 is 1.30 bits per heavy atom. The van der Waals surface area contributed by atoms with Crippen molar-refractivity contribution in [3.63, 3.8) is 0 Å². The van der Waals surface area contributed by atoms with E-state index >= 15 is 0 Å². The zero-order valence-electron chi connectivity index (χ0n) is 26.9. The van der Waals surface area contributed by atoms with Gasteiger partial charge in [-0.05, 0) is 52.9 Å². The van der Waals surface area contributed by atoms with Crippen LogP contribution >= 0.6 is 0 Å². The highest BCUT2D eigenvalue weighted by molar-refractivity contribution is 5.70. The van der Waals surface area contributed by atoms with Crippen molar-refractivity contribution in [2.24, 2.45) is 0 Å².